The zero-order valence-electron chi connectivity index (χ0n) is 23.6. The standard InChI is InChI=1S/C20H20N6O12S4.3Na/c21-13-10-14(22)18(11-17(13)25-23-15-3-1-2-4-19(15)41(30,31)32)26-24-16-6-5-12(9-20(16)42(33,34)35)40(28,29)8-7-36-39-38-37-27;;;/h1-6,9-11,27H,7-8,21-22H2,(H,30,31,32)(H,33,34,35);;;/q;3*+1/p-3. The van der Waals surface area contributed by atoms with E-state index in [0.29, 0.717) is 6.07 Å². The number of hydrogen-bond acceptors (Lipinski definition) is 19. The van der Waals surface area contributed by atoms with Gasteiger partial charge in [-0.2, -0.15) is 0 Å². The van der Waals surface area contributed by atoms with Crippen LogP contribution in [0.25, 0.3) is 0 Å². The molecule has 25 heteroatoms. The Morgan fingerprint density at radius 1 is 0.689 bits per heavy atom. The van der Waals surface area contributed by atoms with E-state index in [0.717, 1.165) is 24.3 Å². The number of sulfone groups is 1. The summed E-state index contributed by atoms with van der Waals surface area (Å²) in [6.45, 7) is -0.494. The number of benzene rings is 3. The Labute approximate surface area is 328 Å². The SMILES string of the molecule is Nc1cc(N)c(N=Nc2ccc(S(=O)(=O)CCOSOO[O-])cc2S(=O)(=O)[O-])cc1N=Nc1ccccc1S(=O)(=O)[O-].[Na+].[Na+].[Na+]. The molecule has 0 radical (unpaired) electrons. The molecule has 0 unspecified atom stereocenters. The van der Waals surface area contributed by atoms with Gasteiger partial charge in [0.15, 0.2) is 22.2 Å². The maximum atomic E-state index is 12.5. The maximum Gasteiger partial charge on any atom is 1.00 e. The predicted octanol–water partition coefficient (Wildman–Crippen LogP) is -6.92. The first-order chi connectivity index (χ1) is 19.6. The smallest absolute Gasteiger partial charge is 0.744 e. The number of nitrogens with two attached hydrogens (primary N) is 2. The van der Waals surface area contributed by atoms with Crippen LogP contribution >= 0.6 is 12.3 Å². The Hall–Kier alpha value is -0.580. The van der Waals surface area contributed by atoms with E-state index in [1.165, 1.54) is 24.3 Å². The van der Waals surface area contributed by atoms with Gasteiger partial charge in [0, 0.05) is 0 Å². The molecule has 0 heterocycles. The van der Waals surface area contributed by atoms with Crippen LogP contribution in [0.2, 0.25) is 0 Å². The van der Waals surface area contributed by atoms with Crippen LogP contribution in [0.15, 0.2) is 89.7 Å². The zero-order chi connectivity index (χ0) is 31.1. The normalized spacial score (nSPS) is 12.0. The van der Waals surface area contributed by atoms with E-state index in [2.05, 4.69) is 34.0 Å². The zero-order valence-corrected chi connectivity index (χ0v) is 32.9. The third-order valence-corrected chi connectivity index (χ3v) is 8.74. The minimum Gasteiger partial charge on any atom is -0.744 e. The van der Waals surface area contributed by atoms with Crippen molar-refractivity contribution in [3.05, 3.63) is 54.6 Å². The first-order valence-electron chi connectivity index (χ1n) is 10.8. The molecule has 0 bridgehead atoms. The van der Waals surface area contributed by atoms with Crippen molar-refractivity contribution in [3.63, 3.8) is 0 Å². The number of anilines is 2. The van der Waals surface area contributed by atoms with Gasteiger partial charge < -0.3 is 25.8 Å². The molecule has 0 saturated heterocycles. The Balaban J connectivity index is 0.00000645. The second-order valence-electron chi connectivity index (χ2n) is 7.72. The van der Waals surface area contributed by atoms with Gasteiger partial charge in [-0.25, -0.2) is 25.3 Å². The molecular weight excluding hydrogens is 713 g/mol. The number of nitrogens with zero attached hydrogens (tertiary/aromatic N) is 4. The van der Waals surface area contributed by atoms with E-state index < -0.39 is 62.8 Å². The van der Waals surface area contributed by atoms with Crippen LogP contribution in [0.4, 0.5) is 34.1 Å². The molecule has 3 rings (SSSR count). The molecule has 0 aromatic heterocycles. The summed E-state index contributed by atoms with van der Waals surface area (Å²) in [7, 11) is -14.3. The van der Waals surface area contributed by atoms with Gasteiger partial charge in [0.25, 0.3) is 0 Å². The van der Waals surface area contributed by atoms with Gasteiger partial charge in [0.1, 0.15) is 43.0 Å². The Bertz CT molecular complexity index is 1860. The third-order valence-electron chi connectivity index (χ3n) is 4.94. The Kier molecular flexibility index (Phi) is 19.2. The second-order valence-corrected chi connectivity index (χ2v) is 13.0. The predicted molar refractivity (Wildman–Crippen MR) is 140 cm³/mol. The monoisotopic (exact) mass is 730 g/mol. The van der Waals surface area contributed by atoms with Crippen molar-refractivity contribution in [1.82, 2.24) is 0 Å². The molecule has 18 nitrogen and oxygen atoms in total. The van der Waals surface area contributed by atoms with Gasteiger partial charge in [0.2, 0.25) is 0 Å². The largest absolute Gasteiger partial charge is 1.00 e. The summed E-state index contributed by atoms with van der Waals surface area (Å²) >= 11 is 0.0700. The van der Waals surface area contributed by atoms with E-state index in [1.54, 1.807) is 0 Å². The van der Waals surface area contributed by atoms with Crippen LogP contribution in [0, 0.1) is 0 Å². The van der Waals surface area contributed by atoms with Crippen LogP contribution in [0.5, 0.6) is 0 Å². The average Bonchev–Trinajstić information content (AvgIpc) is 2.91. The topological polar surface area (TPSA) is 301 Å². The van der Waals surface area contributed by atoms with Crippen molar-refractivity contribution in [2.24, 2.45) is 20.5 Å². The number of hydrogen-bond donors (Lipinski definition) is 2. The van der Waals surface area contributed by atoms with Crippen molar-refractivity contribution >= 4 is 76.5 Å². The third kappa shape index (κ3) is 13.1. The minimum atomic E-state index is -5.27. The summed E-state index contributed by atoms with van der Waals surface area (Å²) < 4.78 is 104. The molecule has 0 saturated carbocycles. The van der Waals surface area contributed by atoms with E-state index in [9.17, 15) is 39.6 Å². The first-order valence-corrected chi connectivity index (χ1v) is 15.9. The number of azo groups is 2. The Morgan fingerprint density at radius 2 is 1.20 bits per heavy atom. The first kappa shape index (κ1) is 44.4. The fourth-order valence-corrected chi connectivity index (χ4v) is 5.80. The molecule has 0 aliphatic rings. The van der Waals surface area contributed by atoms with E-state index in [1.807, 2.05) is 0 Å². The summed E-state index contributed by atoms with van der Waals surface area (Å²) in [5.41, 5.74) is 10.6. The van der Waals surface area contributed by atoms with Gasteiger partial charge in [-0.05, 0) is 42.5 Å². The van der Waals surface area contributed by atoms with E-state index in [4.69, 9.17) is 11.5 Å². The molecule has 0 amide bonds. The molecule has 45 heavy (non-hydrogen) atoms. The van der Waals surface area contributed by atoms with Crippen LogP contribution in [0.3, 0.4) is 0 Å². The average molecular weight is 731 g/mol. The second kappa shape index (κ2) is 19.4. The molecule has 3 aromatic carbocycles. The molecule has 0 aliphatic carbocycles. The molecular formula is C20H17N6Na3O12S4. The molecule has 0 fully saturated rings. The fourth-order valence-electron chi connectivity index (χ4n) is 3.05. The van der Waals surface area contributed by atoms with E-state index in [-0.39, 0.29) is 129 Å². The summed E-state index contributed by atoms with van der Waals surface area (Å²) in [6.07, 6.45) is 0. The summed E-state index contributed by atoms with van der Waals surface area (Å²) in [5.74, 6) is -0.689. The Morgan fingerprint density at radius 3 is 1.73 bits per heavy atom. The summed E-state index contributed by atoms with van der Waals surface area (Å²) in [5, 5.41) is 27.8. The van der Waals surface area contributed by atoms with Crippen molar-refractivity contribution < 1.29 is 142 Å². The van der Waals surface area contributed by atoms with Crippen molar-refractivity contribution in [1.29, 1.82) is 0 Å². The quantitative estimate of drug-likeness (QED) is 0.0241. The molecule has 0 aliphatic heterocycles. The summed E-state index contributed by atoms with van der Waals surface area (Å²) in [6, 6.07) is 9.80. The van der Waals surface area contributed by atoms with Crippen LogP contribution in [-0.2, 0) is 43.6 Å². The molecule has 0 atom stereocenters. The van der Waals surface area contributed by atoms with Crippen LogP contribution in [-0.4, -0.2) is 46.7 Å². The number of rotatable bonds is 13. The van der Waals surface area contributed by atoms with Crippen molar-refractivity contribution in [2.45, 2.75) is 14.7 Å². The van der Waals surface area contributed by atoms with Crippen LogP contribution in [0.1, 0.15) is 0 Å². The van der Waals surface area contributed by atoms with Gasteiger partial charge in [0.05, 0.1) is 38.4 Å². The van der Waals surface area contributed by atoms with Crippen molar-refractivity contribution in [2.75, 3.05) is 23.8 Å². The molecule has 3 aromatic rings. The van der Waals surface area contributed by atoms with Gasteiger partial charge in [-0.15, -0.1) is 24.8 Å². The maximum absolute atomic E-state index is 12.5. The van der Waals surface area contributed by atoms with E-state index >= 15 is 0 Å². The van der Waals surface area contributed by atoms with Crippen LogP contribution < -0.4 is 105 Å². The molecule has 0 spiro atoms. The van der Waals surface area contributed by atoms with Gasteiger partial charge in [-0.3, -0.25) is 9.22 Å². The summed E-state index contributed by atoms with van der Waals surface area (Å²) in [4.78, 5) is -2.20. The fraction of sp³-hybridized carbons (Fsp3) is 0.100. The number of nitrogen functional groups attached to an aromatic ring is 2. The molecule has 226 valence electrons. The van der Waals surface area contributed by atoms with Crippen molar-refractivity contribution in [3.8, 4) is 0 Å². The van der Waals surface area contributed by atoms with Gasteiger partial charge in [-0.1, -0.05) is 12.1 Å². The molecule has 4 N–H and O–H groups in total. The minimum absolute atomic E-state index is 0. The van der Waals surface area contributed by atoms with Gasteiger partial charge >= 0.3 is 88.7 Å².